The predicted molar refractivity (Wildman–Crippen MR) is 112 cm³/mol. The molecule has 4 aliphatic carbocycles. The van der Waals surface area contributed by atoms with Crippen LogP contribution in [0.15, 0.2) is 11.6 Å². The largest absolute Gasteiger partial charge is 0.143 e. The third kappa shape index (κ3) is 2.04. The molecular weight excluding hydrogens is 348 g/mol. The van der Waals surface area contributed by atoms with Crippen molar-refractivity contribution in [2.75, 3.05) is 11.5 Å². The van der Waals surface area contributed by atoms with E-state index >= 15 is 0 Å². The van der Waals surface area contributed by atoms with Gasteiger partial charge in [0.2, 0.25) is 0 Å². The van der Waals surface area contributed by atoms with Gasteiger partial charge in [-0.05, 0) is 86.0 Å². The topological polar surface area (TPSA) is 0 Å². The van der Waals surface area contributed by atoms with Gasteiger partial charge in [-0.2, -0.15) is 0 Å². The van der Waals surface area contributed by atoms with Crippen LogP contribution in [-0.4, -0.2) is 20.4 Å². The predicted octanol–water partition coefficient (Wildman–Crippen LogP) is 6.50. The number of fused-ring (bicyclic) bond motifs is 6. The molecule has 0 amide bonds. The van der Waals surface area contributed by atoms with Gasteiger partial charge in [0.1, 0.15) is 0 Å². The minimum atomic E-state index is 0.471. The normalized spacial score (nSPS) is 49.5. The summed E-state index contributed by atoms with van der Waals surface area (Å²) in [7, 11) is 0. The lowest BCUT2D eigenvalue weighted by molar-refractivity contribution is -0.0343. The number of thioether (sulfide) groups is 2. The Morgan fingerprint density at radius 2 is 1.71 bits per heavy atom. The zero-order valence-electron chi connectivity index (χ0n) is 15.1. The van der Waals surface area contributed by atoms with E-state index in [2.05, 4.69) is 43.4 Å². The number of allylic oxidation sites excluding steroid dienone is 2. The first-order valence-electron chi connectivity index (χ1n) is 10.0. The van der Waals surface area contributed by atoms with Crippen LogP contribution < -0.4 is 0 Å². The fourth-order valence-electron chi connectivity index (χ4n) is 7.44. The quantitative estimate of drug-likeness (QED) is 0.442. The molecule has 0 aromatic carbocycles. The third-order valence-electron chi connectivity index (χ3n) is 8.76. The SMILES string of the molecule is CC12CCC(=S)C=C1CCC1C2CCC2(C)C1CCC21SCCS1. The van der Waals surface area contributed by atoms with Crippen LogP contribution in [-0.2, 0) is 0 Å². The summed E-state index contributed by atoms with van der Waals surface area (Å²) in [5.41, 5.74) is 2.79. The van der Waals surface area contributed by atoms with Crippen LogP contribution in [0.1, 0.15) is 65.2 Å². The van der Waals surface area contributed by atoms with Crippen molar-refractivity contribution in [1.29, 1.82) is 0 Å². The van der Waals surface area contributed by atoms with Gasteiger partial charge in [-0.15, -0.1) is 23.5 Å². The van der Waals surface area contributed by atoms with Crippen molar-refractivity contribution in [1.82, 2.24) is 0 Å². The highest BCUT2D eigenvalue weighted by Crippen LogP contribution is 2.73. The lowest BCUT2D eigenvalue weighted by atomic mass is 9.47. The van der Waals surface area contributed by atoms with Crippen LogP contribution in [0.4, 0.5) is 0 Å². The molecule has 0 radical (unpaired) electrons. The first-order chi connectivity index (χ1) is 11.5. The summed E-state index contributed by atoms with van der Waals surface area (Å²) in [5.74, 6) is 5.69. The lowest BCUT2D eigenvalue weighted by Crippen LogP contribution is -2.52. The van der Waals surface area contributed by atoms with Crippen LogP contribution in [0.5, 0.6) is 0 Å². The van der Waals surface area contributed by atoms with Crippen molar-refractivity contribution in [3.05, 3.63) is 11.6 Å². The molecule has 0 aromatic rings. The molecule has 0 nitrogen and oxygen atoms in total. The van der Waals surface area contributed by atoms with E-state index in [-0.39, 0.29) is 0 Å². The van der Waals surface area contributed by atoms with Gasteiger partial charge in [0, 0.05) is 16.4 Å². The Morgan fingerprint density at radius 1 is 0.958 bits per heavy atom. The van der Waals surface area contributed by atoms with E-state index in [0.717, 1.165) is 24.2 Å². The molecule has 0 bridgehead atoms. The molecule has 1 heterocycles. The molecule has 1 spiro atoms. The van der Waals surface area contributed by atoms with Gasteiger partial charge in [0.05, 0.1) is 4.08 Å². The van der Waals surface area contributed by atoms with Crippen LogP contribution in [0.3, 0.4) is 0 Å². The second-order valence-electron chi connectivity index (χ2n) is 9.41. The maximum absolute atomic E-state index is 5.55. The maximum Gasteiger partial charge on any atom is 0.0667 e. The average molecular weight is 379 g/mol. The van der Waals surface area contributed by atoms with Crippen molar-refractivity contribution in [2.24, 2.45) is 28.6 Å². The van der Waals surface area contributed by atoms with Crippen molar-refractivity contribution in [3.8, 4) is 0 Å². The average Bonchev–Trinajstić information content (AvgIpc) is 3.15. The second kappa shape index (κ2) is 5.52. The molecule has 5 atom stereocenters. The highest BCUT2D eigenvalue weighted by Gasteiger charge is 2.65. The van der Waals surface area contributed by atoms with Gasteiger partial charge in [-0.3, -0.25) is 0 Å². The number of hydrogen-bond acceptors (Lipinski definition) is 3. The Kier molecular flexibility index (Phi) is 3.84. The number of thiocarbonyl (C=S) groups is 1. The molecule has 24 heavy (non-hydrogen) atoms. The minimum Gasteiger partial charge on any atom is -0.143 e. The smallest absolute Gasteiger partial charge is 0.0667 e. The van der Waals surface area contributed by atoms with E-state index in [9.17, 15) is 0 Å². The summed E-state index contributed by atoms with van der Waals surface area (Å²) >= 11 is 10.2. The summed E-state index contributed by atoms with van der Waals surface area (Å²) in [6, 6.07) is 0. The Hall–Kier alpha value is 0.530. The Morgan fingerprint density at radius 3 is 2.50 bits per heavy atom. The highest BCUT2D eigenvalue weighted by atomic mass is 32.2. The Balaban J connectivity index is 1.49. The van der Waals surface area contributed by atoms with E-state index in [1.807, 2.05) is 0 Å². The van der Waals surface area contributed by atoms with Gasteiger partial charge >= 0.3 is 0 Å². The molecule has 5 rings (SSSR count). The van der Waals surface area contributed by atoms with Crippen molar-refractivity contribution >= 4 is 40.6 Å². The Labute approximate surface area is 161 Å². The summed E-state index contributed by atoms with van der Waals surface area (Å²) in [6.45, 7) is 5.29. The molecule has 1 saturated heterocycles. The first kappa shape index (κ1) is 16.7. The molecule has 5 unspecified atom stereocenters. The first-order valence-corrected chi connectivity index (χ1v) is 12.4. The molecule has 1 aliphatic heterocycles. The molecule has 0 N–H and O–H groups in total. The zero-order chi connectivity index (χ0) is 16.6. The number of rotatable bonds is 0. The van der Waals surface area contributed by atoms with Crippen molar-refractivity contribution in [2.45, 2.75) is 69.3 Å². The second-order valence-corrected chi connectivity index (χ2v) is 13.0. The fourth-order valence-corrected chi connectivity index (χ4v) is 11.5. The highest BCUT2D eigenvalue weighted by molar-refractivity contribution is 8.21. The van der Waals surface area contributed by atoms with Crippen LogP contribution in [0, 0.1) is 28.6 Å². The van der Waals surface area contributed by atoms with E-state index in [4.69, 9.17) is 12.2 Å². The van der Waals surface area contributed by atoms with E-state index in [1.165, 1.54) is 61.3 Å². The number of hydrogen-bond donors (Lipinski definition) is 0. The van der Waals surface area contributed by atoms with Crippen molar-refractivity contribution < 1.29 is 0 Å². The third-order valence-corrected chi connectivity index (χ3v) is 13.1. The molecule has 4 fully saturated rings. The van der Waals surface area contributed by atoms with Gasteiger partial charge in [0.25, 0.3) is 0 Å². The molecule has 3 heteroatoms. The monoisotopic (exact) mass is 378 g/mol. The van der Waals surface area contributed by atoms with Crippen molar-refractivity contribution in [3.63, 3.8) is 0 Å². The molecule has 5 aliphatic rings. The zero-order valence-corrected chi connectivity index (χ0v) is 17.6. The van der Waals surface area contributed by atoms with E-state index < -0.39 is 0 Å². The summed E-state index contributed by atoms with van der Waals surface area (Å²) in [4.78, 5) is 1.22. The summed E-state index contributed by atoms with van der Waals surface area (Å²) in [6.07, 6.45) is 13.6. The van der Waals surface area contributed by atoms with Gasteiger partial charge in [0.15, 0.2) is 0 Å². The standard InChI is InChI=1S/C21H30S3/c1-19-8-5-15(22)13-14(19)3-4-16-17(19)6-9-20(2)18(16)7-10-21(20)23-11-12-24-21/h13,16-18H,3-12H2,1-2H3. The molecule has 3 saturated carbocycles. The van der Waals surface area contributed by atoms with Gasteiger partial charge in [-0.1, -0.05) is 31.6 Å². The summed E-state index contributed by atoms with van der Waals surface area (Å²) < 4.78 is 0.577. The minimum absolute atomic E-state index is 0.471. The van der Waals surface area contributed by atoms with Crippen LogP contribution >= 0.6 is 35.7 Å². The van der Waals surface area contributed by atoms with Crippen LogP contribution in [0.25, 0.3) is 0 Å². The molecular formula is C21H30S3. The summed E-state index contributed by atoms with van der Waals surface area (Å²) in [5, 5.41) is 0. The van der Waals surface area contributed by atoms with E-state index in [1.54, 1.807) is 5.57 Å². The lowest BCUT2D eigenvalue weighted by Gasteiger charge is -2.59. The van der Waals surface area contributed by atoms with Gasteiger partial charge in [-0.25, -0.2) is 0 Å². The molecule has 132 valence electrons. The van der Waals surface area contributed by atoms with Crippen LogP contribution in [0.2, 0.25) is 0 Å². The van der Waals surface area contributed by atoms with E-state index in [0.29, 0.717) is 14.9 Å². The fraction of sp³-hybridized carbons (Fsp3) is 0.857. The Bertz CT molecular complexity index is 602. The maximum atomic E-state index is 5.55. The van der Waals surface area contributed by atoms with Gasteiger partial charge < -0.3 is 0 Å². The molecule has 0 aromatic heterocycles.